The fraction of sp³-hybridized carbons (Fsp3) is 0.273. The number of carbonyl (C=O) groups is 1. The Hall–Kier alpha value is -1.33. The Kier molecular flexibility index (Phi) is 3.49. The maximum absolute atomic E-state index is 11.6. The number of benzene rings is 1. The molecular formula is C11H11ClN2O2S. The monoisotopic (exact) mass is 270 g/mol. The SMILES string of the molecule is CCOC(=O)c1cc2nc(NC)sc2cc1Cl. The van der Waals surface area contributed by atoms with Gasteiger partial charge < -0.3 is 10.1 Å². The molecule has 2 aromatic rings. The van der Waals surface area contributed by atoms with Crippen molar-refractivity contribution in [3.8, 4) is 0 Å². The average molecular weight is 271 g/mol. The van der Waals surface area contributed by atoms with Crippen LogP contribution in [0.3, 0.4) is 0 Å². The van der Waals surface area contributed by atoms with E-state index in [1.165, 1.54) is 11.3 Å². The van der Waals surface area contributed by atoms with Crippen molar-refractivity contribution in [2.75, 3.05) is 19.0 Å². The first-order chi connectivity index (χ1) is 8.15. The average Bonchev–Trinajstić information content (AvgIpc) is 2.70. The van der Waals surface area contributed by atoms with Gasteiger partial charge in [0.2, 0.25) is 0 Å². The quantitative estimate of drug-likeness (QED) is 0.871. The highest BCUT2D eigenvalue weighted by Crippen LogP contribution is 2.30. The van der Waals surface area contributed by atoms with Crippen LogP contribution in [0.1, 0.15) is 17.3 Å². The molecule has 90 valence electrons. The number of nitrogens with one attached hydrogen (secondary N) is 1. The number of nitrogens with zero attached hydrogens (tertiary/aromatic N) is 1. The molecule has 1 aromatic heterocycles. The fourth-order valence-corrected chi connectivity index (χ4v) is 2.57. The van der Waals surface area contributed by atoms with Gasteiger partial charge in [-0.3, -0.25) is 0 Å². The molecule has 1 heterocycles. The molecule has 0 saturated heterocycles. The number of carbonyl (C=O) groups excluding carboxylic acids is 1. The minimum atomic E-state index is -0.418. The molecule has 0 fully saturated rings. The summed E-state index contributed by atoms with van der Waals surface area (Å²) in [6.07, 6.45) is 0. The van der Waals surface area contributed by atoms with E-state index in [0.29, 0.717) is 17.2 Å². The van der Waals surface area contributed by atoms with Gasteiger partial charge in [-0.25, -0.2) is 9.78 Å². The van der Waals surface area contributed by atoms with Gasteiger partial charge in [-0.15, -0.1) is 0 Å². The second kappa shape index (κ2) is 4.89. The minimum Gasteiger partial charge on any atom is -0.462 e. The highest BCUT2D eigenvalue weighted by atomic mass is 35.5. The first-order valence-electron chi connectivity index (χ1n) is 5.10. The Bertz CT molecular complexity index is 568. The van der Waals surface area contributed by atoms with Gasteiger partial charge in [-0.05, 0) is 19.1 Å². The van der Waals surface area contributed by atoms with Gasteiger partial charge in [0.1, 0.15) is 0 Å². The van der Waals surface area contributed by atoms with Crippen LogP contribution < -0.4 is 5.32 Å². The van der Waals surface area contributed by atoms with Crippen LogP contribution in [-0.2, 0) is 4.74 Å². The second-order valence-corrected chi connectivity index (χ2v) is 4.73. The van der Waals surface area contributed by atoms with Crippen molar-refractivity contribution in [2.45, 2.75) is 6.92 Å². The number of rotatable bonds is 3. The lowest BCUT2D eigenvalue weighted by Gasteiger charge is -2.03. The number of hydrogen-bond acceptors (Lipinski definition) is 5. The van der Waals surface area contributed by atoms with Gasteiger partial charge in [0, 0.05) is 7.05 Å². The highest BCUT2D eigenvalue weighted by Gasteiger charge is 2.14. The summed E-state index contributed by atoms with van der Waals surface area (Å²) >= 11 is 7.53. The van der Waals surface area contributed by atoms with Crippen LogP contribution in [0.15, 0.2) is 12.1 Å². The van der Waals surface area contributed by atoms with Crippen molar-refractivity contribution in [3.05, 3.63) is 22.7 Å². The third-order valence-electron chi connectivity index (χ3n) is 2.19. The normalized spacial score (nSPS) is 10.5. The minimum absolute atomic E-state index is 0.325. The van der Waals surface area contributed by atoms with Gasteiger partial charge >= 0.3 is 5.97 Å². The molecule has 0 aliphatic carbocycles. The summed E-state index contributed by atoms with van der Waals surface area (Å²) in [6.45, 7) is 2.08. The predicted octanol–water partition coefficient (Wildman–Crippen LogP) is 3.17. The molecule has 0 aliphatic rings. The lowest BCUT2D eigenvalue weighted by Crippen LogP contribution is -2.05. The van der Waals surface area contributed by atoms with Crippen molar-refractivity contribution in [1.29, 1.82) is 0 Å². The van der Waals surface area contributed by atoms with Gasteiger partial charge in [0.25, 0.3) is 0 Å². The number of ether oxygens (including phenoxy) is 1. The van der Waals surface area contributed by atoms with Crippen molar-refractivity contribution < 1.29 is 9.53 Å². The third-order valence-corrected chi connectivity index (χ3v) is 3.53. The van der Waals surface area contributed by atoms with E-state index in [4.69, 9.17) is 16.3 Å². The number of fused-ring (bicyclic) bond motifs is 1. The zero-order chi connectivity index (χ0) is 12.4. The predicted molar refractivity (Wildman–Crippen MR) is 70.1 cm³/mol. The van der Waals surface area contributed by atoms with Crippen LogP contribution in [-0.4, -0.2) is 24.6 Å². The van der Waals surface area contributed by atoms with E-state index >= 15 is 0 Å². The van der Waals surface area contributed by atoms with Crippen LogP contribution in [0.5, 0.6) is 0 Å². The van der Waals surface area contributed by atoms with E-state index in [1.54, 1.807) is 26.1 Å². The van der Waals surface area contributed by atoms with E-state index in [9.17, 15) is 4.79 Å². The summed E-state index contributed by atoms with van der Waals surface area (Å²) in [7, 11) is 1.80. The van der Waals surface area contributed by atoms with Gasteiger partial charge in [0.15, 0.2) is 5.13 Å². The maximum atomic E-state index is 11.6. The Balaban J connectivity index is 2.50. The van der Waals surface area contributed by atoms with Crippen LogP contribution in [0.2, 0.25) is 5.02 Å². The molecule has 6 heteroatoms. The molecule has 4 nitrogen and oxygen atoms in total. The first-order valence-corrected chi connectivity index (χ1v) is 6.30. The lowest BCUT2D eigenvalue weighted by atomic mass is 10.2. The standard InChI is InChI=1S/C11H11ClN2O2S/c1-3-16-10(15)6-4-8-9(5-7(6)12)17-11(13-2)14-8/h4-5H,3H2,1-2H3,(H,13,14). The topological polar surface area (TPSA) is 51.2 Å². The molecule has 0 bridgehead atoms. The molecule has 1 aromatic carbocycles. The number of aromatic nitrogens is 1. The van der Waals surface area contributed by atoms with Crippen LogP contribution in [0.25, 0.3) is 10.2 Å². The van der Waals surface area contributed by atoms with Crippen LogP contribution >= 0.6 is 22.9 Å². The third kappa shape index (κ3) is 2.35. The molecule has 2 rings (SSSR count). The van der Waals surface area contributed by atoms with Crippen LogP contribution in [0, 0.1) is 0 Å². The Morgan fingerprint density at radius 1 is 1.59 bits per heavy atom. The fourth-order valence-electron chi connectivity index (χ4n) is 1.42. The van der Waals surface area contributed by atoms with Crippen LogP contribution in [0.4, 0.5) is 5.13 Å². The second-order valence-electron chi connectivity index (χ2n) is 3.29. The van der Waals surface area contributed by atoms with Gasteiger partial charge in [-0.1, -0.05) is 22.9 Å². The summed E-state index contributed by atoms with van der Waals surface area (Å²) in [4.78, 5) is 16.0. The summed E-state index contributed by atoms with van der Waals surface area (Å²) in [6, 6.07) is 3.40. The number of esters is 1. The largest absolute Gasteiger partial charge is 0.462 e. The van der Waals surface area contributed by atoms with Gasteiger partial charge in [-0.2, -0.15) is 0 Å². The molecule has 0 amide bonds. The smallest absolute Gasteiger partial charge is 0.339 e. The van der Waals surface area contributed by atoms with E-state index in [-0.39, 0.29) is 0 Å². The van der Waals surface area contributed by atoms with Crippen molar-refractivity contribution in [1.82, 2.24) is 4.98 Å². The summed E-state index contributed by atoms with van der Waals surface area (Å²) < 4.78 is 5.86. The molecular weight excluding hydrogens is 260 g/mol. The Morgan fingerprint density at radius 3 is 3.00 bits per heavy atom. The zero-order valence-corrected chi connectivity index (χ0v) is 11.0. The van der Waals surface area contributed by atoms with Crippen molar-refractivity contribution in [3.63, 3.8) is 0 Å². The summed E-state index contributed by atoms with van der Waals surface area (Å²) in [5.74, 6) is -0.418. The Labute approximate surface area is 108 Å². The van der Waals surface area contributed by atoms with E-state index in [1.807, 2.05) is 0 Å². The van der Waals surface area contributed by atoms with E-state index < -0.39 is 5.97 Å². The number of thiazole rings is 1. The van der Waals surface area contributed by atoms with E-state index in [2.05, 4.69) is 10.3 Å². The summed E-state index contributed by atoms with van der Waals surface area (Å²) in [5.41, 5.74) is 1.10. The Morgan fingerprint density at radius 2 is 2.35 bits per heavy atom. The van der Waals surface area contributed by atoms with Gasteiger partial charge in [0.05, 0.1) is 27.4 Å². The molecule has 0 aliphatic heterocycles. The summed E-state index contributed by atoms with van der Waals surface area (Å²) in [5, 5.41) is 4.14. The molecule has 17 heavy (non-hydrogen) atoms. The molecule has 0 radical (unpaired) electrons. The zero-order valence-electron chi connectivity index (χ0n) is 9.41. The number of hydrogen-bond donors (Lipinski definition) is 1. The molecule has 0 spiro atoms. The number of halogens is 1. The van der Waals surface area contributed by atoms with E-state index in [0.717, 1.165) is 15.3 Å². The lowest BCUT2D eigenvalue weighted by molar-refractivity contribution is 0.0527. The molecule has 0 atom stereocenters. The number of anilines is 1. The molecule has 0 unspecified atom stereocenters. The molecule has 0 saturated carbocycles. The van der Waals surface area contributed by atoms with Crippen molar-refractivity contribution in [2.24, 2.45) is 0 Å². The first kappa shape index (κ1) is 12.1. The molecule has 1 N–H and O–H groups in total. The maximum Gasteiger partial charge on any atom is 0.339 e. The highest BCUT2D eigenvalue weighted by molar-refractivity contribution is 7.22. The van der Waals surface area contributed by atoms with Crippen molar-refractivity contribution >= 4 is 44.3 Å².